The summed E-state index contributed by atoms with van der Waals surface area (Å²) in [6, 6.07) is 3.36. The lowest BCUT2D eigenvalue weighted by Gasteiger charge is -2.33. The Bertz CT molecular complexity index is 712. The molecule has 1 amide bonds. The zero-order valence-electron chi connectivity index (χ0n) is 13.7. The fraction of sp³-hybridized carbons (Fsp3) is 0.529. The molecule has 0 saturated carbocycles. The van der Waals surface area contributed by atoms with Crippen molar-refractivity contribution in [3.05, 3.63) is 29.7 Å². The first-order valence-electron chi connectivity index (χ1n) is 7.94. The summed E-state index contributed by atoms with van der Waals surface area (Å²) in [7, 11) is 0. The topological polar surface area (TPSA) is 58.2 Å². The molecule has 6 heteroatoms. The molecule has 0 aliphatic carbocycles. The largest absolute Gasteiger partial charge is 0.444 e. The Hall–Kier alpha value is -2.11. The van der Waals surface area contributed by atoms with E-state index < -0.39 is 5.60 Å². The molecule has 1 aliphatic rings. The Morgan fingerprint density at radius 1 is 1.35 bits per heavy atom. The number of nitrogens with one attached hydrogen (secondary N) is 1. The van der Waals surface area contributed by atoms with Gasteiger partial charge >= 0.3 is 6.09 Å². The van der Waals surface area contributed by atoms with Gasteiger partial charge in [0, 0.05) is 18.5 Å². The standard InChI is InChI=1S/C17H22FN3O2/c1-17(2,3)23-16(22)21-6-4-11(5-7-21)13-9-15-12(8-14(13)18)10-19-20-15/h8-11H,4-7H2,1-3H3,(H,19,20). The van der Waals surface area contributed by atoms with Gasteiger partial charge in [0.1, 0.15) is 11.4 Å². The number of fused-ring (bicyclic) bond motifs is 1. The number of aromatic nitrogens is 2. The Labute approximate surface area is 134 Å². The molecule has 2 heterocycles. The van der Waals surface area contributed by atoms with Gasteiger partial charge in [0.25, 0.3) is 0 Å². The highest BCUT2D eigenvalue weighted by atomic mass is 19.1. The third-order valence-corrected chi connectivity index (χ3v) is 4.14. The van der Waals surface area contributed by atoms with Crippen LogP contribution in [0.5, 0.6) is 0 Å². The Morgan fingerprint density at radius 3 is 2.70 bits per heavy atom. The molecule has 0 spiro atoms. The van der Waals surface area contributed by atoms with E-state index in [9.17, 15) is 9.18 Å². The minimum atomic E-state index is -0.494. The number of carbonyl (C=O) groups is 1. The molecule has 124 valence electrons. The molecule has 0 unspecified atom stereocenters. The normalized spacial score (nSPS) is 16.8. The lowest BCUT2D eigenvalue weighted by molar-refractivity contribution is 0.0204. The molecule has 23 heavy (non-hydrogen) atoms. The summed E-state index contributed by atoms with van der Waals surface area (Å²) < 4.78 is 19.7. The summed E-state index contributed by atoms with van der Waals surface area (Å²) in [5, 5.41) is 7.59. The zero-order valence-corrected chi connectivity index (χ0v) is 13.7. The SMILES string of the molecule is CC(C)(C)OC(=O)N1CCC(c2cc3[nH]ncc3cc2F)CC1. The second-order valence-corrected chi connectivity index (χ2v) is 7.07. The number of carbonyl (C=O) groups excluding carboxylic acids is 1. The molecule has 5 nitrogen and oxygen atoms in total. The quantitative estimate of drug-likeness (QED) is 0.869. The molecular formula is C17H22FN3O2. The average Bonchev–Trinajstić information content (AvgIpc) is 2.92. The lowest BCUT2D eigenvalue weighted by atomic mass is 9.88. The lowest BCUT2D eigenvalue weighted by Crippen LogP contribution is -2.41. The highest BCUT2D eigenvalue weighted by Crippen LogP contribution is 2.32. The third-order valence-electron chi connectivity index (χ3n) is 4.14. The number of halogens is 1. The van der Waals surface area contributed by atoms with Crippen molar-refractivity contribution in [2.45, 2.75) is 45.1 Å². The molecule has 1 saturated heterocycles. The maximum absolute atomic E-state index is 14.3. The van der Waals surface area contributed by atoms with Gasteiger partial charge in [-0.2, -0.15) is 5.10 Å². The van der Waals surface area contributed by atoms with Gasteiger partial charge in [0.2, 0.25) is 0 Å². The molecule has 1 fully saturated rings. The van der Waals surface area contributed by atoms with Crippen molar-refractivity contribution in [1.29, 1.82) is 0 Å². The number of ether oxygens (including phenoxy) is 1. The van der Waals surface area contributed by atoms with Crippen molar-refractivity contribution in [2.75, 3.05) is 13.1 Å². The van der Waals surface area contributed by atoms with Gasteiger partial charge in [-0.3, -0.25) is 5.10 Å². The van der Waals surface area contributed by atoms with E-state index in [0.29, 0.717) is 18.7 Å². The Morgan fingerprint density at radius 2 is 2.04 bits per heavy atom. The Balaban J connectivity index is 1.68. The highest BCUT2D eigenvalue weighted by Gasteiger charge is 2.28. The molecule has 1 aromatic carbocycles. The average molecular weight is 319 g/mol. The smallest absolute Gasteiger partial charge is 0.410 e. The number of nitrogens with zero attached hydrogens (tertiary/aromatic N) is 2. The van der Waals surface area contributed by atoms with Crippen LogP contribution in [-0.4, -0.2) is 39.9 Å². The second-order valence-electron chi connectivity index (χ2n) is 7.07. The number of hydrogen-bond donors (Lipinski definition) is 1. The fourth-order valence-electron chi connectivity index (χ4n) is 2.99. The summed E-state index contributed by atoms with van der Waals surface area (Å²) in [5.41, 5.74) is 1.05. The van der Waals surface area contributed by atoms with Gasteiger partial charge in [0.15, 0.2) is 0 Å². The first-order valence-corrected chi connectivity index (χ1v) is 7.94. The van der Waals surface area contributed by atoms with Crippen molar-refractivity contribution in [2.24, 2.45) is 0 Å². The van der Waals surface area contributed by atoms with Gasteiger partial charge in [-0.1, -0.05) is 0 Å². The highest BCUT2D eigenvalue weighted by molar-refractivity contribution is 5.78. The van der Waals surface area contributed by atoms with Gasteiger partial charge < -0.3 is 9.64 Å². The van der Waals surface area contributed by atoms with E-state index in [1.807, 2.05) is 26.8 Å². The van der Waals surface area contributed by atoms with Crippen LogP contribution >= 0.6 is 0 Å². The minimum Gasteiger partial charge on any atom is -0.444 e. The molecule has 3 rings (SSSR count). The van der Waals surface area contributed by atoms with Crippen molar-refractivity contribution in [3.8, 4) is 0 Å². The number of hydrogen-bond acceptors (Lipinski definition) is 3. The van der Waals surface area contributed by atoms with Crippen LogP contribution in [0.4, 0.5) is 9.18 Å². The van der Waals surface area contributed by atoms with Crippen LogP contribution < -0.4 is 0 Å². The van der Waals surface area contributed by atoms with Crippen LogP contribution in [0.25, 0.3) is 10.9 Å². The summed E-state index contributed by atoms with van der Waals surface area (Å²) in [5.74, 6) is -0.0870. The van der Waals surface area contributed by atoms with Gasteiger partial charge in [-0.15, -0.1) is 0 Å². The van der Waals surface area contributed by atoms with Crippen LogP contribution in [0, 0.1) is 5.82 Å². The molecule has 0 radical (unpaired) electrons. The number of benzene rings is 1. The van der Waals surface area contributed by atoms with Crippen molar-refractivity contribution >= 4 is 17.0 Å². The van der Waals surface area contributed by atoms with Gasteiger partial charge in [0.05, 0.1) is 11.7 Å². The monoisotopic (exact) mass is 319 g/mol. The van der Waals surface area contributed by atoms with E-state index in [1.54, 1.807) is 11.1 Å². The Kier molecular flexibility index (Phi) is 4.00. The molecule has 1 N–H and O–H groups in total. The van der Waals surface area contributed by atoms with E-state index in [2.05, 4.69) is 10.2 Å². The summed E-state index contributed by atoms with van der Waals surface area (Å²) in [6.07, 6.45) is 2.79. The van der Waals surface area contributed by atoms with E-state index >= 15 is 0 Å². The number of aromatic amines is 1. The van der Waals surface area contributed by atoms with Crippen LogP contribution in [-0.2, 0) is 4.74 Å². The van der Waals surface area contributed by atoms with E-state index in [-0.39, 0.29) is 17.8 Å². The van der Waals surface area contributed by atoms with Gasteiger partial charge in [-0.05, 0) is 57.2 Å². The van der Waals surface area contributed by atoms with E-state index in [0.717, 1.165) is 23.7 Å². The minimum absolute atomic E-state index is 0.112. The van der Waals surface area contributed by atoms with E-state index in [1.165, 1.54) is 6.07 Å². The first-order chi connectivity index (χ1) is 10.8. The summed E-state index contributed by atoms with van der Waals surface area (Å²) >= 11 is 0. The molecule has 1 aromatic heterocycles. The zero-order chi connectivity index (χ0) is 16.6. The first kappa shape index (κ1) is 15.8. The predicted molar refractivity (Wildman–Crippen MR) is 85.8 cm³/mol. The maximum atomic E-state index is 14.3. The summed E-state index contributed by atoms with van der Waals surface area (Å²) in [6.45, 7) is 6.73. The predicted octanol–water partition coefficient (Wildman–Crippen LogP) is 3.82. The van der Waals surface area contributed by atoms with Crippen LogP contribution in [0.15, 0.2) is 18.3 Å². The van der Waals surface area contributed by atoms with Crippen molar-refractivity contribution in [1.82, 2.24) is 15.1 Å². The van der Waals surface area contributed by atoms with E-state index in [4.69, 9.17) is 4.74 Å². The molecule has 1 aliphatic heterocycles. The molecule has 0 bridgehead atoms. The van der Waals surface area contributed by atoms with Crippen molar-refractivity contribution < 1.29 is 13.9 Å². The third kappa shape index (κ3) is 3.46. The van der Waals surface area contributed by atoms with Crippen LogP contribution in [0.2, 0.25) is 0 Å². The fourth-order valence-corrected chi connectivity index (χ4v) is 2.99. The number of H-pyrrole nitrogens is 1. The maximum Gasteiger partial charge on any atom is 0.410 e. The van der Waals surface area contributed by atoms with Gasteiger partial charge in [-0.25, -0.2) is 9.18 Å². The summed E-state index contributed by atoms with van der Waals surface area (Å²) in [4.78, 5) is 13.8. The van der Waals surface area contributed by atoms with Crippen LogP contribution in [0.3, 0.4) is 0 Å². The molecule has 0 atom stereocenters. The number of likely N-dealkylation sites (tertiary alicyclic amines) is 1. The van der Waals surface area contributed by atoms with Crippen LogP contribution in [0.1, 0.15) is 45.1 Å². The number of piperidine rings is 1. The second kappa shape index (κ2) is 5.83. The molecule has 2 aromatic rings. The van der Waals surface area contributed by atoms with Crippen molar-refractivity contribution in [3.63, 3.8) is 0 Å². The molecular weight excluding hydrogens is 297 g/mol. The number of rotatable bonds is 1. The number of amides is 1.